The van der Waals surface area contributed by atoms with Gasteiger partial charge in [0.15, 0.2) is 0 Å². The van der Waals surface area contributed by atoms with Crippen LogP contribution in [0.3, 0.4) is 0 Å². The van der Waals surface area contributed by atoms with Crippen molar-refractivity contribution in [1.82, 2.24) is 9.62 Å². The van der Waals surface area contributed by atoms with Crippen LogP contribution in [0.4, 0.5) is 0 Å². The van der Waals surface area contributed by atoms with Gasteiger partial charge in [-0.25, -0.2) is 4.31 Å². The number of carbonyl (C=O) groups is 1. The molecule has 1 heterocycles. The zero-order valence-corrected chi connectivity index (χ0v) is 13.8. The number of likely N-dealkylation sites (N-methyl/N-ethyl adjacent to an activating group) is 1. The van der Waals surface area contributed by atoms with Crippen LogP contribution in [-0.2, 0) is 15.0 Å². The fourth-order valence-electron chi connectivity index (χ4n) is 1.96. The summed E-state index contributed by atoms with van der Waals surface area (Å²) < 4.78 is 29.0. The third kappa shape index (κ3) is 3.36. The molecular weight excluding hydrogens is 302 g/mol. The predicted molar refractivity (Wildman–Crippen MR) is 85.8 cm³/mol. The van der Waals surface area contributed by atoms with Gasteiger partial charge < -0.3 is 5.32 Å². The summed E-state index contributed by atoms with van der Waals surface area (Å²) in [6.45, 7) is 5.56. The van der Waals surface area contributed by atoms with E-state index in [4.69, 9.17) is 0 Å². The van der Waals surface area contributed by atoms with Crippen molar-refractivity contribution in [3.8, 4) is 0 Å². The third-order valence-corrected chi connectivity index (χ3v) is 4.49. The average molecular weight is 321 g/mol. The molecule has 0 atom stereocenters. The summed E-state index contributed by atoms with van der Waals surface area (Å²) in [6, 6.07) is 7.20. The monoisotopic (exact) mass is 321 g/mol. The average Bonchev–Trinajstić information content (AvgIpc) is 2.41. The van der Waals surface area contributed by atoms with Crippen LogP contribution in [0.15, 0.2) is 40.4 Å². The molecule has 6 nitrogen and oxygen atoms in total. The number of nitrogens with one attached hydrogen (secondary N) is 1. The lowest BCUT2D eigenvalue weighted by Gasteiger charge is -2.24. The zero-order valence-electron chi connectivity index (χ0n) is 13.0. The number of aryl methyl sites for hydroxylation is 1. The Morgan fingerprint density at radius 3 is 2.36 bits per heavy atom. The van der Waals surface area contributed by atoms with E-state index in [1.54, 1.807) is 12.1 Å². The molecule has 0 fully saturated rings. The quantitative estimate of drug-likeness (QED) is 0.913. The maximum Gasteiger partial charge on any atom is 0.345 e. The highest BCUT2D eigenvalue weighted by Gasteiger charge is 2.30. The molecule has 118 valence electrons. The summed E-state index contributed by atoms with van der Waals surface area (Å²) in [5, 5.41) is 2.69. The first kappa shape index (κ1) is 16.2. The van der Waals surface area contributed by atoms with E-state index in [2.05, 4.69) is 9.71 Å². The fraction of sp³-hybridized carbons (Fsp3) is 0.333. The third-order valence-electron chi connectivity index (χ3n) is 3.17. The van der Waals surface area contributed by atoms with Crippen LogP contribution < -0.4 is 5.32 Å². The predicted octanol–water partition coefficient (Wildman–Crippen LogP) is 1.38. The van der Waals surface area contributed by atoms with E-state index in [9.17, 15) is 13.2 Å². The summed E-state index contributed by atoms with van der Waals surface area (Å²) in [6.07, 6.45) is 1.49. The van der Waals surface area contributed by atoms with Crippen LogP contribution in [0.2, 0.25) is 0 Å². The molecule has 0 spiro atoms. The lowest BCUT2D eigenvalue weighted by atomic mass is 10.1. The highest BCUT2D eigenvalue weighted by Crippen LogP contribution is 2.20. The number of nitrogens with zero attached hydrogens (tertiary/aromatic N) is 2. The van der Waals surface area contributed by atoms with E-state index in [-0.39, 0.29) is 17.5 Å². The number of benzene rings is 1. The van der Waals surface area contributed by atoms with Crippen LogP contribution in [0.1, 0.15) is 25.0 Å². The van der Waals surface area contributed by atoms with Gasteiger partial charge in [0.05, 0.1) is 5.71 Å². The van der Waals surface area contributed by atoms with Crippen LogP contribution in [-0.4, -0.2) is 37.4 Å². The molecule has 1 aromatic carbocycles. The molecule has 0 saturated carbocycles. The van der Waals surface area contributed by atoms with Gasteiger partial charge in [-0.15, -0.1) is 4.40 Å². The second-order valence-electron chi connectivity index (χ2n) is 5.45. The van der Waals surface area contributed by atoms with E-state index >= 15 is 0 Å². The van der Waals surface area contributed by atoms with E-state index in [1.807, 2.05) is 32.9 Å². The Bertz CT molecular complexity index is 747. The smallest absolute Gasteiger partial charge is 0.345 e. The van der Waals surface area contributed by atoms with Crippen molar-refractivity contribution in [3.05, 3.63) is 47.2 Å². The first-order chi connectivity index (χ1) is 10.2. The van der Waals surface area contributed by atoms with Crippen molar-refractivity contribution in [2.45, 2.75) is 26.8 Å². The van der Waals surface area contributed by atoms with Crippen LogP contribution in [0, 0.1) is 6.92 Å². The molecular formula is C15H19N3O3S. The molecule has 22 heavy (non-hydrogen) atoms. The Morgan fingerprint density at radius 2 is 1.82 bits per heavy atom. The van der Waals surface area contributed by atoms with Crippen LogP contribution in [0.25, 0.3) is 0 Å². The summed E-state index contributed by atoms with van der Waals surface area (Å²) in [5.41, 5.74) is 2.02. The van der Waals surface area contributed by atoms with Crippen LogP contribution in [0.5, 0.6) is 0 Å². The Balaban J connectivity index is 2.47. The van der Waals surface area contributed by atoms with Gasteiger partial charge in [-0.1, -0.05) is 29.8 Å². The molecule has 1 aliphatic heterocycles. The van der Waals surface area contributed by atoms with Gasteiger partial charge in [-0.05, 0) is 26.8 Å². The summed E-state index contributed by atoms with van der Waals surface area (Å²) in [4.78, 5) is 12.2. The second-order valence-corrected chi connectivity index (χ2v) is 7.07. The summed E-state index contributed by atoms with van der Waals surface area (Å²) in [5.74, 6) is -0.444. The van der Waals surface area contributed by atoms with Crippen molar-refractivity contribution in [2.75, 3.05) is 7.05 Å². The number of carbonyl (C=O) groups excluding carboxylic acids is 1. The lowest BCUT2D eigenvalue weighted by Crippen LogP contribution is -2.40. The number of amides is 1. The molecule has 1 amide bonds. The highest BCUT2D eigenvalue weighted by atomic mass is 32.2. The van der Waals surface area contributed by atoms with E-state index in [0.29, 0.717) is 5.56 Å². The molecule has 1 aromatic rings. The molecule has 0 radical (unpaired) electrons. The van der Waals surface area contributed by atoms with E-state index in [0.717, 1.165) is 9.87 Å². The Morgan fingerprint density at radius 1 is 1.23 bits per heavy atom. The minimum atomic E-state index is -3.91. The SMILES string of the molecule is Cc1ccc(C2=NS(=O)(=O)N(C)C(C(=O)NC(C)C)=C2)cc1. The summed E-state index contributed by atoms with van der Waals surface area (Å²) in [7, 11) is -2.59. The number of rotatable bonds is 3. The number of allylic oxidation sites excluding steroid dienone is 1. The van der Waals surface area contributed by atoms with Gasteiger partial charge in [0.2, 0.25) is 0 Å². The van der Waals surface area contributed by atoms with Gasteiger partial charge in [0, 0.05) is 18.7 Å². The highest BCUT2D eigenvalue weighted by molar-refractivity contribution is 7.88. The van der Waals surface area contributed by atoms with Gasteiger partial charge >= 0.3 is 10.2 Å². The van der Waals surface area contributed by atoms with Crippen molar-refractivity contribution in [1.29, 1.82) is 0 Å². The first-order valence-corrected chi connectivity index (χ1v) is 8.29. The van der Waals surface area contributed by atoms with Gasteiger partial charge in [0.1, 0.15) is 5.70 Å². The molecule has 0 aliphatic carbocycles. The first-order valence-electron chi connectivity index (χ1n) is 6.89. The van der Waals surface area contributed by atoms with Crippen molar-refractivity contribution in [3.63, 3.8) is 0 Å². The van der Waals surface area contributed by atoms with Crippen LogP contribution >= 0.6 is 0 Å². The fourth-order valence-corrected chi connectivity index (χ4v) is 2.87. The normalized spacial score (nSPS) is 17.0. The maximum atomic E-state index is 12.2. The molecule has 0 bridgehead atoms. The zero-order chi connectivity index (χ0) is 16.5. The van der Waals surface area contributed by atoms with E-state index < -0.39 is 16.1 Å². The Labute approximate surface area is 130 Å². The molecule has 7 heteroatoms. The van der Waals surface area contributed by atoms with Gasteiger partial charge in [-0.3, -0.25) is 4.79 Å². The number of hydrogen-bond acceptors (Lipinski definition) is 3. The minimum Gasteiger partial charge on any atom is -0.349 e. The lowest BCUT2D eigenvalue weighted by molar-refractivity contribution is -0.118. The molecule has 1 aliphatic rings. The Kier molecular flexibility index (Phi) is 4.37. The van der Waals surface area contributed by atoms with Gasteiger partial charge in [0.25, 0.3) is 5.91 Å². The second kappa shape index (κ2) is 5.92. The molecule has 0 unspecified atom stereocenters. The minimum absolute atomic E-state index is 0.0549. The topological polar surface area (TPSA) is 78.8 Å². The van der Waals surface area contributed by atoms with Crippen molar-refractivity contribution < 1.29 is 13.2 Å². The standard InChI is InChI=1S/C15H19N3O3S/c1-10(2)16-15(19)14-9-13(17-22(20,21)18(14)4)12-7-5-11(3)6-8-12/h5-10H,1-4H3,(H,16,19). The molecule has 1 N–H and O–H groups in total. The molecule has 0 saturated heterocycles. The molecule has 2 rings (SSSR count). The summed E-state index contributed by atoms with van der Waals surface area (Å²) >= 11 is 0. The maximum absolute atomic E-state index is 12.2. The van der Waals surface area contributed by atoms with Crippen molar-refractivity contribution in [2.24, 2.45) is 4.40 Å². The largest absolute Gasteiger partial charge is 0.349 e. The molecule has 0 aromatic heterocycles. The van der Waals surface area contributed by atoms with E-state index in [1.165, 1.54) is 13.1 Å². The Hall–Kier alpha value is -2.15. The number of hydrogen-bond donors (Lipinski definition) is 1. The van der Waals surface area contributed by atoms with Crippen molar-refractivity contribution >= 4 is 21.8 Å². The van der Waals surface area contributed by atoms with Gasteiger partial charge in [-0.2, -0.15) is 8.42 Å².